The van der Waals surface area contributed by atoms with Crippen LogP contribution in [0.25, 0.3) is 41.7 Å². The standard InChI is InChI=1S/C38H26N2S/c1-2-12-30(13-3-1)39-31-16-21-37-36(24-31)35-20-19-34(25-38(35)41-37)40(32-17-14-26-8-4-6-10-28(26)22-32)33-18-15-27-9-5-7-11-29(27)23-33/h1-25,39H. The Hall–Kier alpha value is -5.12. The number of nitrogens with one attached hydrogen (secondary N) is 1. The van der Waals surface area contributed by atoms with Crippen LogP contribution in [0.2, 0.25) is 0 Å². The molecule has 41 heavy (non-hydrogen) atoms. The molecule has 0 atom stereocenters. The van der Waals surface area contributed by atoms with Gasteiger partial charge in [-0.2, -0.15) is 0 Å². The molecule has 0 bridgehead atoms. The number of anilines is 5. The van der Waals surface area contributed by atoms with Gasteiger partial charge in [-0.3, -0.25) is 0 Å². The molecule has 0 aliphatic heterocycles. The summed E-state index contributed by atoms with van der Waals surface area (Å²) < 4.78 is 2.57. The number of thiophene rings is 1. The van der Waals surface area contributed by atoms with Crippen LogP contribution in [0.5, 0.6) is 0 Å². The SMILES string of the molecule is c1ccc(Nc2ccc3sc4cc(N(c5ccc6ccccc6c5)c5ccc6ccccc6c5)ccc4c3c2)cc1. The summed E-state index contributed by atoms with van der Waals surface area (Å²) in [6.45, 7) is 0. The second-order valence-electron chi connectivity index (χ2n) is 10.4. The highest BCUT2D eigenvalue weighted by molar-refractivity contribution is 7.25. The fraction of sp³-hybridized carbons (Fsp3) is 0. The van der Waals surface area contributed by atoms with Crippen molar-refractivity contribution in [1.82, 2.24) is 0 Å². The maximum absolute atomic E-state index is 3.55. The fourth-order valence-corrected chi connectivity index (χ4v) is 6.87. The summed E-state index contributed by atoms with van der Waals surface area (Å²) in [6, 6.07) is 54.5. The Morgan fingerprint density at radius 2 is 0.976 bits per heavy atom. The molecule has 3 heteroatoms. The van der Waals surface area contributed by atoms with Gasteiger partial charge in [0.15, 0.2) is 0 Å². The third kappa shape index (κ3) is 4.37. The lowest BCUT2D eigenvalue weighted by atomic mass is 10.1. The van der Waals surface area contributed by atoms with E-state index in [-0.39, 0.29) is 0 Å². The van der Waals surface area contributed by atoms with Gasteiger partial charge in [0.2, 0.25) is 0 Å². The van der Waals surface area contributed by atoms with E-state index in [4.69, 9.17) is 0 Å². The first kappa shape index (κ1) is 23.7. The van der Waals surface area contributed by atoms with Crippen LogP contribution in [0.1, 0.15) is 0 Å². The molecule has 0 aliphatic rings. The van der Waals surface area contributed by atoms with Crippen LogP contribution in [0.4, 0.5) is 28.4 Å². The summed E-state index contributed by atoms with van der Waals surface area (Å²) >= 11 is 1.85. The number of fused-ring (bicyclic) bond motifs is 5. The van der Waals surface area contributed by atoms with Crippen molar-refractivity contribution in [2.24, 2.45) is 0 Å². The smallest absolute Gasteiger partial charge is 0.0476 e. The average Bonchev–Trinajstić information content (AvgIpc) is 3.39. The number of para-hydroxylation sites is 1. The van der Waals surface area contributed by atoms with E-state index in [0.717, 1.165) is 28.4 Å². The van der Waals surface area contributed by atoms with E-state index < -0.39 is 0 Å². The molecular formula is C38H26N2S. The molecule has 0 fully saturated rings. The Kier molecular flexibility index (Phi) is 5.68. The molecule has 0 saturated carbocycles. The minimum Gasteiger partial charge on any atom is -0.356 e. The molecule has 7 aromatic carbocycles. The van der Waals surface area contributed by atoms with Crippen LogP contribution in [-0.2, 0) is 0 Å². The number of nitrogens with zero attached hydrogens (tertiary/aromatic N) is 1. The van der Waals surface area contributed by atoms with Gasteiger partial charge < -0.3 is 10.2 Å². The molecule has 1 N–H and O–H groups in total. The van der Waals surface area contributed by atoms with Crippen molar-refractivity contribution >= 4 is 81.5 Å². The average molecular weight is 543 g/mol. The minimum atomic E-state index is 1.09. The van der Waals surface area contributed by atoms with Crippen molar-refractivity contribution in [1.29, 1.82) is 0 Å². The van der Waals surface area contributed by atoms with Crippen LogP contribution >= 0.6 is 11.3 Å². The van der Waals surface area contributed by atoms with E-state index in [1.807, 2.05) is 17.4 Å². The van der Waals surface area contributed by atoms with Gasteiger partial charge in [-0.1, -0.05) is 84.9 Å². The third-order valence-electron chi connectivity index (χ3n) is 7.76. The van der Waals surface area contributed by atoms with E-state index in [9.17, 15) is 0 Å². The fourth-order valence-electron chi connectivity index (χ4n) is 5.75. The van der Waals surface area contributed by atoms with Gasteiger partial charge in [0, 0.05) is 48.6 Å². The van der Waals surface area contributed by atoms with E-state index in [1.54, 1.807) is 0 Å². The molecule has 194 valence electrons. The van der Waals surface area contributed by atoms with Crippen LogP contribution in [0.3, 0.4) is 0 Å². The van der Waals surface area contributed by atoms with E-state index >= 15 is 0 Å². The Balaban J connectivity index is 1.27. The molecule has 0 aliphatic carbocycles. The lowest BCUT2D eigenvalue weighted by Gasteiger charge is -2.26. The second kappa shape index (κ2) is 9.81. The molecule has 2 nitrogen and oxygen atoms in total. The van der Waals surface area contributed by atoms with Crippen LogP contribution in [0.15, 0.2) is 152 Å². The summed E-state index contributed by atoms with van der Waals surface area (Å²) in [6.07, 6.45) is 0. The predicted molar refractivity (Wildman–Crippen MR) is 179 cm³/mol. The molecule has 8 aromatic rings. The van der Waals surface area contributed by atoms with Crippen LogP contribution in [-0.4, -0.2) is 0 Å². The maximum atomic E-state index is 3.55. The molecule has 1 aromatic heterocycles. The highest BCUT2D eigenvalue weighted by Crippen LogP contribution is 2.42. The Labute approximate surface area is 242 Å². The van der Waals surface area contributed by atoms with E-state index in [1.165, 1.54) is 41.7 Å². The van der Waals surface area contributed by atoms with Crippen molar-refractivity contribution in [3.8, 4) is 0 Å². The van der Waals surface area contributed by atoms with Crippen molar-refractivity contribution in [3.05, 3.63) is 152 Å². The highest BCUT2D eigenvalue weighted by Gasteiger charge is 2.16. The first-order valence-electron chi connectivity index (χ1n) is 13.8. The van der Waals surface area contributed by atoms with Gasteiger partial charge in [0.05, 0.1) is 0 Å². The molecule has 0 spiro atoms. The summed E-state index contributed by atoms with van der Waals surface area (Å²) in [5.74, 6) is 0. The summed E-state index contributed by atoms with van der Waals surface area (Å²) in [5.41, 5.74) is 5.64. The second-order valence-corrected chi connectivity index (χ2v) is 11.5. The Morgan fingerprint density at radius 1 is 0.390 bits per heavy atom. The van der Waals surface area contributed by atoms with Gasteiger partial charge in [0.25, 0.3) is 0 Å². The zero-order valence-electron chi connectivity index (χ0n) is 22.3. The minimum absolute atomic E-state index is 1.09. The van der Waals surface area contributed by atoms with E-state index in [0.29, 0.717) is 0 Å². The number of benzene rings is 7. The van der Waals surface area contributed by atoms with E-state index in [2.05, 4.69) is 156 Å². The monoisotopic (exact) mass is 542 g/mol. The largest absolute Gasteiger partial charge is 0.356 e. The van der Waals surface area contributed by atoms with Crippen LogP contribution < -0.4 is 10.2 Å². The Morgan fingerprint density at radius 3 is 1.66 bits per heavy atom. The van der Waals surface area contributed by atoms with Gasteiger partial charge in [-0.05, 0) is 88.3 Å². The molecule has 1 heterocycles. The van der Waals surface area contributed by atoms with Crippen molar-refractivity contribution < 1.29 is 0 Å². The summed E-state index contributed by atoms with van der Waals surface area (Å²) in [4.78, 5) is 2.38. The van der Waals surface area contributed by atoms with Crippen molar-refractivity contribution in [3.63, 3.8) is 0 Å². The number of hydrogen-bond acceptors (Lipinski definition) is 3. The lowest BCUT2D eigenvalue weighted by molar-refractivity contribution is 1.30. The summed E-state index contributed by atoms with van der Waals surface area (Å²) in [5, 5.41) is 11.1. The first-order valence-corrected chi connectivity index (χ1v) is 14.7. The van der Waals surface area contributed by atoms with Gasteiger partial charge in [0.1, 0.15) is 0 Å². The summed E-state index contributed by atoms with van der Waals surface area (Å²) in [7, 11) is 0. The highest BCUT2D eigenvalue weighted by atomic mass is 32.1. The molecular weight excluding hydrogens is 516 g/mol. The molecule has 0 amide bonds. The van der Waals surface area contributed by atoms with Crippen LogP contribution in [0, 0.1) is 0 Å². The van der Waals surface area contributed by atoms with Gasteiger partial charge in [-0.15, -0.1) is 11.3 Å². The third-order valence-corrected chi connectivity index (χ3v) is 8.89. The topological polar surface area (TPSA) is 15.3 Å². The molecule has 0 radical (unpaired) electrons. The molecule has 0 saturated heterocycles. The predicted octanol–water partition coefficient (Wildman–Crippen LogP) is 11.6. The zero-order valence-corrected chi connectivity index (χ0v) is 23.1. The zero-order chi connectivity index (χ0) is 27.2. The van der Waals surface area contributed by atoms with Gasteiger partial charge >= 0.3 is 0 Å². The quantitative estimate of drug-likeness (QED) is 0.233. The normalized spacial score (nSPS) is 11.4. The maximum Gasteiger partial charge on any atom is 0.0476 e. The Bertz CT molecular complexity index is 2120. The lowest BCUT2D eigenvalue weighted by Crippen LogP contribution is -2.09. The molecule has 8 rings (SSSR count). The molecule has 0 unspecified atom stereocenters. The number of rotatable bonds is 5. The first-order chi connectivity index (χ1) is 20.3. The van der Waals surface area contributed by atoms with Gasteiger partial charge in [-0.25, -0.2) is 0 Å². The number of hydrogen-bond donors (Lipinski definition) is 1. The van der Waals surface area contributed by atoms with Crippen molar-refractivity contribution in [2.45, 2.75) is 0 Å². The van der Waals surface area contributed by atoms with Crippen molar-refractivity contribution in [2.75, 3.05) is 10.2 Å².